The van der Waals surface area contributed by atoms with Gasteiger partial charge in [-0.15, -0.1) is 0 Å². The molecule has 1 aromatic rings. The third kappa shape index (κ3) is 4.46. The number of nitrogens with one attached hydrogen (secondary N) is 1. The highest BCUT2D eigenvalue weighted by Crippen LogP contribution is 2.12. The van der Waals surface area contributed by atoms with Gasteiger partial charge in [0.15, 0.2) is 15.7 Å². The minimum Gasteiger partial charge on any atom is -0.409 e. The van der Waals surface area contributed by atoms with Crippen LogP contribution in [0, 0.1) is 5.82 Å². The van der Waals surface area contributed by atoms with Gasteiger partial charge in [-0.05, 0) is 6.07 Å². The lowest BCUT2D eigenvalue weighted by molar-refractivity contribution is 0.318. The number of halogens is 1. The number of hydrogen-bond acceptors (Lipinski definition) is 5. The number of nitrogens with zero attached hydrogens (tertiary/aromatic N) is 1. The van der Waals surface area contributed by atoms with E-state index in [-0.39, 0.29) is 36.0 Å². The fraction of sp³-hybridized carbons (Fsp3) is 0.417. The molecule has 0 aliphatic rings. The van der Waals surface area contributed by atoms with Crippen LogP contribution in [0.2, 0.25) is 0 Å². The predicted molar refractivity (Wildman–Crippen MR) is 74.9 cm³/mol. The summed E-state index contributed by atoms with van der Waals surface area (Å²) in [7, 11) is -3.04. The molecule has 0 amide bonds. The molecule has 1 aromatic carbocycles. The van der Waals surface area contributed by atoms with Crippen LogP contribution in [-0.4, -0.2) is 37.5 Å². The average Bonchev–Trinajstić information content (AvgIpc) is 2.44. The first kappa shape index (κ1) is 16.4. The van der Waals surface area contributed by atoms with Gasteiger partial charge in [0.2, 0.25) is 0 Å². The molecule has 0 radical (unpaired) electrons. The highest BCUT2D eigenvalue weighted by atomic mass is 32.2. The van der Waals surface area contributed by atoms with Crippen LogP contribution in [0.4, 0.5) is 4.39 Å². The lowest BCUT2D eigenvalue weighted by Gasteiger charge is -2.08. The molecule has 6 nitrogen and oxygen atoms in total. The van der Waals surface area contributed by atoms with Crippen molar-refractivity contribution in [3.8, 4) is 0 Å². The number of nitrogens with two attached hydrogens (primary N) is 1. The van der Waals surface area contributed by atoms with E-state index in [1.807, 2.05) is 0 Å². The number of oxime groups is 1. The van der Waals surface area contributed by atoms with Crippen LogP contribution in [0.5, 0.6) is 0 Å². The zero-order valence-electron chi connectivity index (χ0n) is 11.1. The van der Waals surface area contributed by atoms with Crippen molar-refractivity contribution in [1.29, 1.82) is 0 Å². The summed E-state index contributed by atoms with van der Waals surface area (Å²) < 4.78 is 36.6. The summed E-state index contributed by atoms with van der Waals surface area (Å²) in [6.45, 7) is 1.98. The van der Waals surface area contributed by atoms with Crippen molar-refractivity contribution in [2.45, 2.75) is 13.5 Å². The van der Waals surface area contributed by atoms with Crippen LogP contribution in [0.25, 0.3) is 0 Å². The van der Waals surface area contributed by atoms with E-state index in [9.17, 15) is 12.8 Å². The maximum absolute atomic E-state index is 14.0. The Morgan fingerprint density at radius 3 is 2.80 bits per heavy atom. The first-order valence-corrected chi connectivity index (χ1v) is 7.90. The van der Waals surface area contributed by atoms with Gasteiger partial charge in [-0.25, -0.2) is 12.8 Å². The molecule has 0 aliphatic heterocycles. The Morgan fingerprint density at radius 2 is 2.20 bits per heavy atom. The standard InChI is InChI=1S/C12H18FN3O3S/c1-2-20(18,19)7-6-15-8-9-4-3-5-10(11(9)13)12(14)16-17/h3-5,15,17H,2,6-8H2,1H3,(H2,14,16). The van der Waals surface area contributed by atoms with Gasteiger partial charge in [-0.1, -0.05) is 24.2 Å². The van der Waals surface area contributed by atoms with Crippen LogP contribution in [0.3, 0.4) is 0 Å². The molecule has 0 saturated carbocycles. The van der Waals surface area contributed by atoms with Crippen molar-refractivity contribution < 1.29 is 18.0 Å². The summed E-state index contributed by atoms with van der Waals surface area (Å²) in [4.78, 5) is 0. The fourth-order valence-corrected chi connectivity index (χ4v) is 2.31. The molecular formula is C12H18FN3O3S. The lowest BCUT2D eigenvalue weighted by Crippen LogP contribution is -2.24. The van der Waals surface area contributed by atoms with Crippen LogP contribution in [0.15, 0.2) is 23.4 Å². The van der Waals surface area contributed by atoms with Crippen LogP contribution in [-0.2, 0) is 16.4 Å². The molecule has 1 rings (SSSR count). The number of benzene rings is 1. The van der Waals surface area contributed by atoms with Gasteiger partial charge in [0.1, 0.15) is 5.82 Å². The van der Waals surface area contributed by atoms with E-state index in [0.29, 0.717) is 5.56 Å². The molecule has 112 valence electrons. The maximum atomic E-state index is 14.0. The van der Waals surface area contributed by atoms with Crippen LogP contribution < -0.4 is 11.1 Å². The highest BCUT2D eigenvalue weighted by Gasteiger charge is 2.11. The average molecular weight is 303 g/mol. The van der Waals surface area contributed by atoms with E-state index < -0.39 is 15.7 Å². The molecule has 0 heterocycles. The normalized spacial score (nSPS) is 12.6. The molecular weight excluding hydrogens is 285 g/mol. The van der Waals surface area contributed by atoms with Gasteiger partial charge in [0.25, 0.3) is 0 Å². The van der Waals surface area contributed by atoms with Crippen LogP contribution in [0.1, 0.15) is 18.1 Å². The van der Waals surface area contributed by atoms with Crippen molar-refractivity contribution >= 4 is 15.7 Å². The maximum Gasteiger partial charge on any atom is 0.173 e. The largest absolute Gasteiger partial charge is 0.409 e. The number of rotatable bonds is 7. The number of hydrogen-bond donors (Lipinski definition) is 3. The van der Waals surface area contributed by atoms with E-state index in [1.54, 1.807) is 19.1 Å². The molecule has 0 fully saturated rings. The minimum absolute atomic E-state index is 0.00501. The molecule has 4 N–H and O–H groups in total. The van der Waals surface area contributed by atoms with Crippen molar-refractivity contribution in [1.82, 2.24) is 5.32 Å². The van der Waals surface area contributed by atoms with Crippen molar-refractivity contribution in [2.24, 2.45) is 10.9 Å². The van der Waals surface area contributed by atoms with Gasteiger partial charge in [-0.2, -0.15) is 0 Å². The summed E-state index contributed by atoms with van der Waals surface area (Å²) in [5, 5.41) is 14.2. The molecule has 0 aromatic heterocycles. The van der Waals surface area contributed by atoms with Gasteiger partial charge in [-0.3, -0.25) is 0 Å². The van der Waals surface area contributed by atoms with E-state index in [4.69, 9.17) is 10.9 Å². The molecule has 0 unspecified atom stereocenters. The van der Waals surface area contributed by atoms with E-state index in [0.717, 1.165) is 0 Å². The van der Waals surface area contributed by atoms with Gasteiger partial charge < -0.3 is 16.3 Å². The Morgan fingerprint density at radius 1 is 1.50 bits per heavy atom. The van der Waals surface area contributed by atoms with Gasteiger partial charge in [0, 0.05) is 24.4 Å². The first-order chi connectivity index (χ1) is 9.41. The monoisotopic (exact) mass is 303 g/mol. The lowest BCUT2D eigenvalue weighted by atomic mass is 10.1. The fourth-order valence-electron chi connectivity index (χ4n) is 1.56. The Balaban J connectivity index is 2.66. The molecule has 0 spiro atoms. The summed E-state index contributed by atoms with van der Waals surface area (Å²) in [6.07, 6.45) is 0. The molecule has 0 saturated heterocycles. The van der Waals surface area contributed by atoms with Crippen molar-refractivity contribution in [3.63, 3.8) is 0 Å². The van der Waals surface area contributed by atoms with Crippen molar-refractivity contribution in [2.75, 3.05) is 18.1 Å². The molecule has 0 bridgehead atoms. The third-order valence-electron chi connectivity index (χ3n) is 2.81. The zero-order chi connectivity index (χ0) is 15.2. The van der Waals surface area contributed by atoms with Crippen LogP contribution >= 0.6 is 0 Å². The Kier molecular flexibility index (Phi) is 5.90. The smallest absolute Gasteiger partial charge is 0.173 e. The van der Waals surface area contributed by atoms with Gasteiger partial charge >= 0.3 is 0 Å². The number of sulfone groups is 1. The molecule has 8 heteroatoms. The summed E-state index contributed by atoms with van der Waals surface area (Å²) in [6, 6.07) is 4.52. The SMILES string of the molecule is CCS(=O)(=O)CCNCc1cccc(/C(N)=N/O)c1F. The Hall–Kier alpha value is -1.67. The van der Waals surface area contributed by atoms with E-state index in [2.05, 4.69) is 10.5 Å². The second-order valence-electron chi connectivity index (χ2n) is 4.18. The van der Waals surface area contributed by atoms with Crippen molar-refractivity contribution in [3.05, 3.63) is 35.1 Å². The minimum atomic E-state index is -3.04. The number of amidine groups is 1. The van der Waals surface area contributed by atoms with E-state index >= 15 is 0 Å². The highest BCUT2D eigenvalue weighted by molar-refractivity contribution is 7.91. The summed E-state index contributed by atoms with van der Waals surface area (Å²) >= 11 is 0. The molecule has 20 heavy (non-hydrogen) atoms. The first-order valence-electron chi connectivity index (χ1n) is 6.07. The summed E-state index contributed by atoms with van der Waals surface area (Å²) in [5.41, 5.74) is 5.68. The van der Waals surface area contributed by atoms with Gasteiger partial charge in [0.05, 0.1) is 11.3 Å². The molecule has 0 aliphatic carbocycles. The summed E-state index contributed by atoms with van der Waals surface area (Å²) in [5.74, 6) is -0.806. The Bertz CT molecular complexity index is 588. The second kappa shape index (κ2) is 7.20. The quantitative estimate of drug-likeness (QED) is 0.223. The predicted octanol–water partition coefficient (Wildman–Crippen LogP) is 0.444. The third-order valence-corrected chi connectivity index (χ3v) is 4.51. The molecule has 0 atom stereocenters. The second-order valence-corrected chi connectivity index (χ2v) is 6.65. The Labute approximate surface area is 117 Å². The zero-order valence-corrected chi connectivity index (χ0v) is 12.0. The topological polar surface area (TPSA) is 105 Å². The van der Waals surface area contributed by atoms with E-state index in [1.165, 1.54) is 6.07 Å².